The molecule has 18 heavy (non-hydrogen) atoms. The number of nitrogens with zero attached hydrogens (tertiary/aromatic N) is 2. The molecule has 2 aromatic rings. The first-order valence-corrected chi connectivity index (χ1v) is 6.68. The lowest BCUT2D eigenvalue weighted by molar-refractivity contribution is 0.848. The first-order valence-electron chi connectivity index (χ1n) is 5.88. The van der Waals surface area contributed by atoms with Gasteiger partial charge in [-0.3, -0.25) is 4.79 Å². The molecule has 0 unspecified atom stereocenters. The summed E-state index contributed by atoms with van der Waals surface area (Å²) in [6.07, 6.45) is 2.76. The van der Waals surface area contributed by atoms with Crippen molar-refractivity contribution in [3.8, 4) is 0 Å². The van der Waals surface area contributed by atoms with Gasteiger partial charge in [-0.15, -0.1) is 0 Å². The summed E-state index contributed by atoms with van der Waals surface area (Å²) in [6.45, 7) is 0.866. The van der Waals surface area contributed by atoms with Crippen LogP contribution in [0.1, 0.15) is 5.56 Å². The number of hydrogen-bond acceptors (Lipinski definition) is 2. The standard InChI is InChI=1S/C14H13BrN2O/c1-16-7-2-3-13(14(16)18)17-8-6-10-9-11(15)4-5-12(10)17/h2-5,7,9H,6,8H2,1H3. The average molecular weight is 305 g/mol. The number of pyridine rings is 1. The van der Waals surface area contributed by atoms with Crippen LogP contribution in [-0.2, 0) is 13.5 Å². The van der Waals surface area contributed by atoms with Crippen LogP contribution >= 0.6 is 15.9 Å². The third kappa shape index (κ3) is 1.77. The lowest BCUT2D eigenvalue weighted by Crippen LogP contribution is -2.26. The number of aromatic nitrogens is 1. The summed E-state index contributed by atoms with van der Waals surface area (Å²) < 4.78 is 2.70. The van der Waals surface area contributed by atoms with E-state index in [1.54, 1.807) is 17.8 Å². The summed E-state index contributed by atoms with van der Waals surface area (Å²) in [5, 5.41) is 0. The van der Waals surface area contributed by atoms with E-state index in [2.05, 4.69) is 33.0 Å². The number of aryl methyl sites for hydroxylation is 1. The molecular formula is C14H13BrN2O. The SMILES string of the molecule is Cn1cccc(N2CCc3cc(Br)ccc32)c1=O. The van der Waals surface area contributed by atoms with Crippen LogP contribution in [-0.4, -0.2) is 11.1 Å². The van der Waals surface area contributed by atoms with Crippen molar-refractivity contribution in [1.29, 1.82) is 0 Å². The predicted molar refractivity (Wildman–Crippen MR) is 76.5 cm³/mol. The van der Waals surface area contributed by atoms with Crippen molar-refractivity contribution in [2.24, 2.45) is 7.05 Å². The molecule has 3 rings (SSSR count). The van der Waals surface area contributed by atoms with E-state index in [9.17, 15) is 4.79 Å². The van der Waals surface area contributed by atoms with Gasteiger partial charge in [-0.1, -0.05) is 15.9 Å². The van der Waals surface area contributed by atoms with Gasteiger partial charge < -0.3 is 9.47 Å². The second-order valence-corrected chi connectivity index (χ2v) is 5.40. The Balaban J connectivity index is 2.12. The zero-order valence-electron chi connectivity index (χ0n) is 10.1. The van der Waals surface area contributed by atoms with Crippen LogP contribution < -0.4 is 10.5 Å². The molecule has 0 aliphatic carbocycles. The van der Waals surface area contributed by atoms with Gasteiger partial charge in [0.2, 0.25) is 0 Å². The lowest BCUT2D eigenvalue weighted by Gasteiger charge is -2.19. The van der Waals surface area contributed by atoms with Crippen molar-refractivity contribution in [3.05, 3.63) is 56.9 Å². The van der Waals surface area contributed by atoms with Gasteiger partial charge in [-0.05, 0) is 42.3 Å². The smallest absolute Gasteiger partial charge is 0.274 e. The Morgan fingerprint density at radius 3 is 2.89 bits per heavy atom. The molecule has 4 heteroatoms. The monoisotopic (exact) mass is 304 g/mol. The molecule has 1 aliphatic heterocycles. The van der Waals surface area contributed by atoms with Crippen molar-refractivity contribution in [3.63, 3.8) is 0 Å². The number of benzene rings is 1. The topological polar surface area (TPSA) is 25.2 Å². The molecule has 1 aromatic heterocycles. The fourth-order valence-corrected chi connectivity index (χ4v) is 2.82. The third-order valence-corrected chi connectivity index (χ3v) is 3.82. The van der Waals surface area contributed by atoms with Crippen LogP contribution in [0, 0.1) is 0 Å². The van der Waals surface area contributed by atoms with E-state index >= 15 is 0 Å². The molecule has 0 radical (unpaired) electrons. The van der Waals surface area contributed by atoms with Crippen LogP contribution in [0.25, 0.3) is 0 Å². The highest BCUT2D eigenvalue weighted by Gasteiger charge is 2.22. The van der Waals surface area contributed by atoms with Crippen molar-refractivity contribution in [2.45, 2.75) is 6.42 Å². The van der Waals surface area contributed by atoms with Crippen LogP contribution in [0.15, 0.2) is 45.8 Å². The van der Waals surface area contributed by atoms with Gasteiger partial charge >= 0.3 is 0 Å². The zero-order chi connectivity index (χ0) is 12.7. The molecule has 1 aromatic carbocycles. The van der Waals surface area contributed by atoms with Gasteiger partial charge in [0.15, 0.2) is 0 Å². The summed E-state index contributed by atoms with van der Waals surface area (Å²) in [7, 11) is 1.78. The van der Waals surface area contributed by atoms with E-state index in [1.165, 1.54) is 5.56 Å². The maximum absolute atomic E-state index is 12.1. The second-order valence-electron chi connectivity index (χ2n) is 4.48. The Bertz CT molecular complexity index is 663. The average Bonchev–Trinajstić information content (AvgIpc) is 2.75. The second kappa shape index (κ2) is 4.28. The molecule has 0 spiro atoms. The Labute approximate surface area is 114 Å². The quantitative estimate of drug-likeness (QED) is 0.809. The maximum Gasteiger partial charge on any atom is 0.274 e. The van der Waals surface area contributed by atoms with Crippen LogP contribution in [0.5, 0.6) is 0 Å². The molecular weight excluding hydrogens is 292 g/mol. The minimum absolute atomic E-state index is 0.0493. The minimum Gasteiger partial charge on any atom is -0.336 e. The number of hydrogen-bond donors (Lipinski definition) is 0. The van der Waals surface area contributed by atoms with Gasteiger partial charge in [0.25, 0.3) is 5.56 Å². The molecule has 0 fully saturated rings. The molecule has 1 aliphatic rings. The Morgan fingerprint density at radius 2 is 2.06 bits per heavy atom. The van der Waals surface area contributed by atoms with Crippen LogP contribution in [0.4, 0.5) is 11.4 Å². The van der Waals surface area contributed by atoms with E-state index in [1.807, 2.05) is 18.2 Å². The molecule has 0 amide bonds. The maximum atomic E-state index is 12.1. The molecule has 0 saturated heterocycles. The van der Waals surface area contributed by atoms with Crippen LogP contribution in [0.2, 0.25) is 0 Å². The normalized spacial score (nSPS) is 13.8. The first kappa shape index (κ1) is 11.5. The summed E-state index contributed by atoms with van der Waals surface area (Å²) in [5.41, 5.74) is 3.23. The molecule has 92 valence electrons. The Morgan fingerprint density at radius 1 is 1.22 bits per heavy atom. The number of anilines is 2. The highest BCUT2D eigenvalue weighted by atomic mass is 79.9. The van der Waals surface area contributed by atoms with E-state index in [0.29, 0.717) is 0 Å². The van der Waals surface area contributed by atoms with Crippen molar-refractivity contribution in [1.82, 2.24) is 4.57 Å². The highest BCUT2D eigenvalue weighted by Crippen LogP contribution is 2.34. The first-order chi connectivity index (χ1) is 8.66. The predicted octanol–water partition coefficient (Wildman–Crippen LogP) is 2.84. The van der Waals surface area contributed by atoms with Gasteiger partial charge in [0, 0.05) is 29.9 Å². The summed E-state index contributed by atoms with van der Waals surface area (Å²) in [4.78, 5) is 14.2. The van der Waals surface area contributed by atoms with Gasteiger partial charge in [-0.2, -0.15) is 0 Å². The van der Waals surface area contributed by atoms with E-state index in [4.69, 9.17) is 0 Å². The van der Waals surface area contributed by atoms with Gasteiger partial charge in [-0.25, -0.2) is 0 Å². The largest absolute Gasteiger partial charge is 0.336 e. The van der Waals surface area contributed by atoms with E-state index < -0.39 is 0 Å². The Kier molecular flexibility index (Phi) is 2.74. The Hall–Kier alpha value is -1.55. The van der Waals surface area contributed by atoms with Gasteiger partial charge in [0.1, 0.15) is 5.69 Å². The summed E-state index contributed by atoms with van der Waals surface area (Å²) >= 11 is 3.48. The third-order valence-electron chi connectivity index (χ3n) is 3.33. The van der Waals surface area contributed by atoms with Crippen molar-refractivity contribution in [2.75, 3.05) is 11.4 Å². The molecule has 0 atom stereocenters. The van der Waals surface area contributed by atoms with E-state index in [-0.39, 0.29) is 5.56 Å². The molecule has 0 N–H and O–H groups in total. The van der Waals surface area contributed by atoms with Crippen molar-refractivity contribution >= 4 is 27.3 Å². The fraction of sp³-hybridized carbons (Fsp3) is 0.214. The minimum atomic E-state index is 0.0493. The zero-order valence-corrected chi connectivity index (χ0v) is 11.6. The highest BCUT2D eigenvalue weighted by molar-refractivity contribution is 9.10. The van der Waals surface area contributed by atoms with Crippen molar-refractivity contribution < 1.29 is 0 Å². The van der Waals surface area contributed by atoms with Crippen LogP contribution in [0.3, 0.4) is 0 Å². The fourth-order valence-electron chi connectivity index (χ4n) is 2.41. The molecule has 3 nitrogen and oxygen atoms in total. The number of halogens is 1. The van der Waals surface area contributed by atoms with E-state index in [0.717, 1.165) is 28.8 Å². The molecule has 2 heterocycles. The molecule has 0 bridgehead atoms. The molecule has 0 saturated carbocycles. The summed E-state index contributed by atoms with van der Waals surface area (Å²) in [6, 6.07) is 10.0. The lowest BCUT2D eigenvalue weighted by atomic mass is 10.2. The number of fused-ring (bicyclic) bond motifs is 1. The number of rotatable bonds is 1. The van der Waals surface area contributed by atoms with Gasteiger partial charge in [0.05, 0.1) is 0 Å². The summed E-state index contributed by atoms with van der Waals surface area (Å²) in [5.74, 6) is 0.